The minimum atomic E-state index is 0.448. The molecule has 2 rings (SSSR count). The van der Waals surface area contributed by atoms with Crippen molar-refractivity contribution in [3.05, 3.63) is 35.4 Å². The molecule has 1 atom stereocenters. The summed E-state index contributed by atoms with van der Waals surface area (Å²) >= 11 is 0. The Hall–Kier alpha value is -1.26. The predicted molar refractivity (Wildman–Crippen MR) is 73.0 cm³/mol. The van der Waals surface area contributed by atoms with E-state index in [0.29, 0.717) is 12.1 Å². The fourth-order valence-corrected chi connectivity index (χ4v) is 2.59. The van der Waals surface area contributed by atoms with Crippen molar-refractivity contribution in [3.8, 4) is 12.3 Å². The number of rotatable bonds is 4. The zero-order chi connectivity index (χ0) is 12.3. The van der Waals surface area contributed by atoms with E-state index >= 15 is 0 Å². The number of nitrogens with one attached hydrogen (secondary N) is 1. The molecule has 0 aliphatic heterocycles. The van der Waals surface area contributed by atoms with Crippen LogP contribution in [0.5, 0.6) is 0 Å². The molecule has 1 aliphatic carbocycles. The molecule has 0 radical (unpaired) electrons. The third-order valence-corrected chi connectivity index (χ3v) is 3.60. The molecule has 0 bridgehead atoms. The van der Waals surface area contributed by atoms with Crippen LogP contribution in [-0.2, 0) is 0 Å². The van der Waals surface area contributed by atoms with Crippen LogP contribution in [0, 0.1) is 19.3 Å². The molecule has 1 N–H and O–H groups in total. The molecule has 1 aromatic rings. The van der Waals surface area contributed by atoms with Gasteiger partial charge in [0.05, 0.1) is 0 Å². The summed E-state index contributed by atoms with van der Waals surface area (Å²) < 4.78 is 0. The number of aryl methyl sites for hydroxylation is 1. The second-order valence-corrected chi connectivity index (χ2v) is 5.26. The van der Waals surface area contributed by atoms with Crippen molar-refractivity contribution in [3.63, 3.8) is 0 Å². The van der Waals surface area contributed by atoms with Gasteiger partial charge < -0.3 is 5.32 Å². The first kappa shape index (κ1) is 12.2. The van der Waals surface area contributed by atoms with E-state index in [4.69, 9.17) is 6.42 Å². The van der Waals surface area contributed by atoms with Gasteiger partial charge in [-0.3, -0.25) is 0 Å². The van der Waals surface area contributed by atoms with Crippen molar-refractivity contribution in [1.82, 2.24) is 5.32 Å². The standard InChI is InChI=1S/C16H21N/c1-4-6-13(3)17-16-10-15(11-16)14-8-5-7-12(2)9-14/h1,5,7-9,13,15-17H,6,10-11H2,2-3H3. The summed E-state index contributed by atoms with van der Waals surface area (Å²) in [5.74, 6) is 3.45. The highest BCUT2D eigenvalue weighted by Gasteiger charge is 2.30. The van der Waals surface area contributed by atoms with Crippen LogP contribution in [0.4, 0.5) is 0 Å². The van der Waals surface area contributed by atoms with Crippen molar-refractivity contribution < 1.29 is 0 Å². The van der Waals surface area contributed by atoms with Crippen molar-refractivity contribution >= 4 is 0 Å². The molecule has 0 heterocycles. The summed E-state index contributed by atoms with van der Waals surface area (Å²) in [5, 5.41) is 3.59. The van der Waals surface area contributed by atoms with E-state index in [1.807, 2.05) is 0 Å². The lowest BCUT2D eigenvalue weighted by atomic mass is 9.75. The molecule has 0 saturated heterocycles. The van der Waals surface area contributed by atoms with E-state index in [0.717, 1.165) is 12.3 Å². The topological polar surface area (TPSA) is 12.0 Å². The van der Waals surface area contributed by atoms with Gasteiger partial charge in [0.2, 0.25) is 0 Å². The average Bonchev–Trinajstić information content (AvgIpc) is 2.23. The molecule has 1 aliphatic rings. The minimum Gasteiger partial charge on any atom is -0.311 e. The second-order valence-electron chi connectivity index (χ2n) is 5.26. The van der Waals surface area contributed by atoms with Crippen molar-refractivity contribution in [1.29, 1.82) is 0 Å². The van der Waals surface area contributed by atoms with Gasteiger partial charge in [-0.25, -0.2) is 0 Å². The molecule has 1 aromatic carbocycles. The summed E-state index contributed by atoms with van der Waals surface area (Å²) in [4.78, 5) is 0. The Morgan fingerprint density at radius 1 is 1.47 bits per heavy atom. The lowest BCUT2D eigenvalue weighted by molar-refractivity contribution is 0.270. The van der Waals surface area contributed by atoms with E-state index < -0.39 is 0 Å². The van der Waals surface area contributed by atoms with Gasteiger partial charge in [-0.1, -0.05) is 29.8 Å². The first-order chi connectivity index (χ1) is 8.19. The maximum absolute atomic E-state index is 5.31. The lowest BCUT2D eigenvalue weighted by Gasteiger charge is -2.38. The summed E-state index contributed by atoms with van der Waals surface area (Å²) in [7, 11) is 0. The van der Waals surface area contributed by atoms with Crippen LogP contribution >= 0.6 is 0 Å². The largest absolute Gasteiger partial charge is 0.311 e. The molecule has 0 amide bonds. The fourth-order valence-electron chi connectivity index (χ4n) is 2.59. The molecule has 1 heteroatoms. The summed E-state index contributed by atoms with van der Waals surface area (Å²) in [5.41, 5.74) is 2.85. The van der Waals surface area contributed by atoms with Crippen molar-refractivity contribution in [2.75, 3.05) is 0 Å². The Bertz CT molecular complexity index is 410. The van der Waals surface area contributed by atoms with Crippen LogP contribution in [0.1, 0.15) is 43.2 Å². The second kappa shape index (κ2) is 5.38. The van der Waals surface area contributed by atoms with Gasteiger partial charge in [-0.05, 0) is 38.2 Å². The Morgan fingerprint density at radius 2 is 2.24 bits per heavy atom. The Labute approximate surface area is 105 Å². The molecule has 90 valence electrons. The molecule has 1 nitrogen and oxygen atoms in total. The van der Waals surface area contributed by atoms with Crippen LogP contribution in [0.3, 0.4) is 0 Å². The third kappa shape index (κ3) is 3.11. The number of hydrogen-bond acceptors (Lipinski definition) is 1. The van der Waals surface area contributed by atoms with E-state index in [-0.39, 0.29) is 0 Å². The highest BCUT2D eigenvalue weighted by molar-refractivity contribution is 5.27. The maximum atomic E-state index is 5.31. The van der Waals surface area contributed by atoms with Crippen LogP contribution in [-0.4, -0.2) is 12.1 Å². The van der Waals surface area contributed by atoms with E-state index in [9.17, 15) is 0 Å². The quantitative estimate of drug-likeness (QED) is 0.779. The number of benzene rings is 1. The van der Waals surface area contributed by atoms with Crippen LogP contribution in [0.2, 0.25) is 0 Å². The maximum Gasteiger partial charge on any atom is 0.0238 e. The Kier molecular flexibility index (Phi) is 3.86. The lowest BCUT2D eigenvalue weighted by Crippen LogP contribution is -2.44. The highest BCUT2D eigenvalue weighted by Crippen LogP contribution is 2.37. The molecular formula is C16H21N. The van der Waals surface area contributed by atoms with Gasteiger partial charge in [0.25, 0.3) is 0 Å². The smallest absolute Gasteiger partial charge is 0.0238 e. The van der Waals surface area contributed by atoms with Crippen LogP contribution < -0.4 is 5.32 Å². The zero-order valence-corrected chi connectivity index (χ0v) is 10.7. The van der Waals surface area contributed by atoms with Gasteiger partial charge in [0.15, 0.2) is 0 Å². The van der Waals surface area contributed by atoms with Crippen molar-refractivity contribution in [2.45, 2.75) is 51.1 Å². The van der Waals surface area contributed by atoms with Crippen LogP contribution in [0.25, 0.3) is 0 Å². The summed E-state index contributed by atoms with van der Waals surface area (Å²) in [6, 6.07) is 9.98. The van der Waals surface area contributed by atoms with Crippen LogP contribution in [0.15, 0.2) is 24.3 Å². The molecule has 1 fully saturated rings. The van der Waals surface area contributed by atoms with Gasteiger partial charge in [0.1, 0.15) is 0 Å². The molecule has 17 heavy (non-hydrogen) atoms. The molecular weight excluding hydrogens is 206 g/mol. The first-order valence-corrected chi connectivity index (χ1v) is 6.45. The Balaban J connectivity index is 1.81. The van der Waals surface area contributed by atoms with Gasteiger partial charge in [0, 0.05) is 18.5 Å². The monoisotopic (exact) mass is 227 g/mol. The summed E-state index contributed by atoms with van der Waals surface area (Å²) in [6.07, 6.45) is 8.63. The normalized spacial score (nSPS) is 24.8. The van der Waals surface area contributed by atoms with Crippen molar-refractivity contribution in [2.24, 2.45) is 0 Å². The fraction of sp³-hybridized carbons (Fsp3) is 0.500. The molecule has 1 saturated carbocycles. The molecule has 0 aromatic heterocycles. The highest BCUT2D eigenvalue weighted by atomic mass is 15.0. The van der Waals surface area contributed by atoms with Gasteiger partial charge in [-0.2, -0.15) is 0 Å². The van der Waals surface area contributed by atoms with Gasteiger partial charge in [-0.15, -0.1) is 12.3 Å². The van der Waals surface area contributed by atoms with E-state index in [1.54, 1.807) is 0 Å². The first-order valence-electron chi connectivity index (χ1n) is 6.45. The summed E-state index contributed by atoms with van der Waals surface area (Å²) in [6.45, 7) is 4.33. The van der Waals surface area contributed by atoms with Gasteiger partial charge >= 0.3 is 0 Å². The number of terminal acetylenes is 1. The average molecular weight is 227 g/mol. The number of hydrogen-bond donors (Lipinski definition) is 1. The zero-order valence-electron chi connectivity index (χ0n) is 10.7. The SMILES string of the molecule is C#CCC(C)NC1CC(c2cccc(C)c2)C1. The van der Waals surface area contributed by atoms with E-state index in [1.165, 1.54) is 24.0 Å². The minimum absolute atomic E-state index is 0.448. The van der Waals surface area contributed by atoms with E-state index in [2.05, 4.69) is 49.4 Å². The molecule has 1 unspecified atom stereocenters. The molecule has 0 spiro atoms. The predicted octanol–water partition coefficient (Wildman–Crippen LogP) is 3.24. The Morgan fingerprint density at radius 3 is 2.88 bits per heavy atom. The third-order valence-electron chi connectivity index (χ3n) is 3.60.